The van der Waals surface area contributed by atoms with Gasteiger partial charge in [-0.05, 0) is 24.2 Å². The van der Waals surface area contributed by atoms with E-state index in [1.54, 1.807) is 4.90 Å². The van der Waals surface area contributed by atoms with E-state index in [1.807, 2.05) is 24.3 Å². The van der Waals surface area contributed by atoms with Crippen LogP contribution in [0, 0.1) is 5.92 Å². The zero-order valence-electron chi connectivity index (χ0n) is 10.1. The number of ether oxygens (including phenoxy) is 1. The molecule has 1 aromatic carbocycles. The molecule has 0 atom stereocenters. The number of carbonyl (C=O) groups is 1. The van der Waals surface area contributed by atoms with Gasteiger partial charge in [0.2, 0.25) is 0 Å². The number of rotatable bonds is 4. The molecule has 1 aliphatic heterocycles. The van der Waals surface area contributed by atoms with Gasteiger partial charge in [-0.25, -0.2) is 4.79 Å². The highest BCUT2D eigenvalue weighted by atomic mass is 35.5. The molecule has 0 radical (unpaired) electrons. The van der Waals surface area contributed by atoms with Gasteiger partial charge in [-0.1, -0.05) is 23.7 Å². The summed E-state index contributed by atoms with van der Waals surface area (Å²) in [6.07, 6.45) is 0.463. The Morgan fingerprint density at radius 3 is 2.67 bits per heavy atom. The van der Waals surface area contributed by atoms with Crippen molar-refractivity contribution in [2.45, 2.75) is 6.42 Å². The average Bonchev–Trinajstić information content (AvgIpc) is 2.30. The van der Waals surface area contributed by atoms with Gasteiger partial charge in [-0.15, -0.1) is 0 Å². The maximum absolute atomic E-state index is 11.6. The molecule has 4 nitrogen and oxygen atoms in total. The Kier molecular flexibility index (Phi) is 4.44. The maximum Gasteiger partial charge on any atom is 0.409 e. The van der Waals surface area contributed by atoms with E-state index in [-0.39, 0.29) is 6.09 Å². The van der Waals surface area contributed by atoms with Crippen molar-refractivity contribution in [2.24, 2.45) is 11.7 Å². The number of nitrogens with two attached hydrogens (primary N) is 1. The monoisotopic (exact) mass is 268 g/mol. The van der Waals surface area contributed by atoms with Crippen LogP contribution in [0.2, 0.25) is 5.02 Å². The van der Waals surface area contributed by atoms with Crippen LogP contribution in [0.4, 0.5) is 4.79 Å². The van der Waals surface area contributed by atoms with Gasteiger partial charge in [-0.2, -0.15) is 0 Å². The molecule has 0 unspecified atom stereocenters. The lowest BCUT2D eigenvalue weighted by atomic mass is 10.0. The number of hydrogen-bond donors (Lipinski definition) is 1. The van der Waals surface area contributed by atoms with Crippen molar-refractivity contribution in [1.82, 2.24) is 4.90 Å². The molecule has 1 fully saturated rings. The van der Waals surface area contributed by atoms with Gasteiger partial charge in [-0.3, -0.25) is 0 Å². The normalized spacial score (nSPS) is 15.3. The second kappa shape index (κ2) is 6.07. The second-order valence-corrected chi connectivity index (χ2v) is 4.93. The molecule has 18 heavy (non-hydrogen) atoms. The summed E-state index contributed by atoms with van der Waals surface area (Å²) in [6, 6.07) is 7.54. The number of amides is 1. The van der Waals surface area contributed by atoms with E-state index in [1.165, 1.54) is 0 Å². The molecule has 98 valence electrons. The molecule has 0 aliphatic carbocycles. The summed E-state index contributed by atoms with van der Waals surface area (Å²) in [5.74, 6) is 0.439. The van der Waals surface area contributed by atoms with Gasteiger partial charge in [0, 0.05) is 30.5 Å². The molecule has 0 aromatic heterocycles. The lowest BCUT2D eigenvalue weighted by molar-refractivity contribution is 0.0569. The molecule has 2 N–H and O–H groups in total. The molecule has 2 rings (SSSR count). The Bertz CT molecular complexity index is 402. The molecular weight excluding hydrogens is 252 g/mol. The van der Waals surface area contributed by atoms with Gasteiger partial charge < -0.3 is 15.4 Å². The van der Waals surface area contributed by atoms with Crippen molar-refractivity contribution < 1.29 is 9.53 Å². The van der Waals surface area contributed by atoms with Crippen LogP contribution in [0.1, 0.15) is 5.56 Å². The topological polar surface area (TPSA) is 55.6 Å². The molecule has 1 amide bonds. The van der Waals surface area contributed by atoms with E-state index in [0.29, 0.717) is 30.5 Å². The van der Waals surface area contributed by atoms with Gasteiger partial charge in [0.15, 0.2) is 0 Å². The van der Waals surface area contributed by atoms with Crippen LogP contribution >= 0.6 is 11.6 Å². The zero-order chi connectivity index (χ0) is 13.0. The Morgan fingerprint density at radius 1 is 1.39 bits per heavy atom. The first-order valence-electron chi connectivity index (χ1n) is 6.05. The summed E-state index contributed by atoms with van der Waals surface area (Å²) >= 11 is 5.79. The van der Waals surface area contributed by atoms with Crippen LogP contribution in [0.15, 0.2) is 24.3 Å². The van der Waals surface area contributed by atoms with Crippen molar-refractivity contribution in [3.63, 3.8) is 0 Å². The van der Waals surface area contributed by atoms with Crippen molar-refractivity contribution in [1.29, 1.82) is 0 Å². The minimum absolute atomic E-state index is 0.242. The second-order valence-electron chi connectivity index (χ2n) is 4.50. The van der Waals surface area contributed by atoms with Gasteiger partial charge >= 0.3 is 6.09 Å². The van der Waals surface area contributed by atoms with Crippen LogP contribution in [0.5, 0.6) is 0 Å². The summed E-state index contributed by atoms with van der Waals surface area (Å²) in [5, 5.41) is 0.712. The molecule has 0 saturated carbocycles. The van der Waals surface area contributed by atoms with Crippen LogP contribution in [-0.4, -0.2) is 37.2 Å². The maximum atomic E-state index is 11.6. The van der Waals surface area contributed by atoms with Crippen molar-refractivity contribution >= 4 is 17.7 Å². The van der Waals surface area contributed by atoms with E-state index >= 15 is 0 Å². The standard InChI is InChI=1S/C13H17ClN2O2/c14-12-3-1-10(2-4-12)5-6-18-13(17)16-8-11(7-15)9-16/h1-4,11H,5-9,15H2. The molecular formula is C13H17ClN2O2. The first kappa shape index (κ1) is 13.2. The van der Waals surface area contributed by atoms with Crippen molar-refractivity contribution in [3.05, 3.63) is 34.9 Å². The van der Waals surface area contributed by atoms with E-state index in [0.717, 1.165) is 18.7 Å². The summed E-state index contributed by atoms with van der Waals surface area (Å²) in [6.45, 7) is 2.46. The number of carbonyl (C=O) groups excluding carboxylic acids is 1. The quantitative estimate of drug-likeness (QED) is 0.908. The van der Waals surface area contributed by atoms with E-state index in [9.17, 15) is 4.79 Å². The fourth-order valence-corrected chi connectivity index (χ4v) is 1.99. The Morgan fingerprint density at radius 2 is 2.06 bits per heavy atom. The fourth-order valence-electron chi connectivity index (χ4n) is 1.87. The largest absolute Gasteiger partial charge is 0.449 e. The van der Waals surface area contributed by atoms with E-state index in [4.69, 9.17) is 22.1 Å². The highest BCUT2D eigenvalue weighted by Gasteiger charge is 2.30. The molecule has 0 bridgehead atoms. The molecule has 1 aromatic rings. The van der Waals surface area contributed by atoms with Crippen molar-refractivity contribution in [2.75, 3.05) is 26.2 Å². The zero-order valence-corrected chi connectivity index (χ0v) is 10.9. The van der Waals surface area contributed by atoms with Gasteiger partial charge in [0.1, 0.15) is 0 Å². The predicted octanol–water partition coefficient (Wildman–Crippen LogP) is 1.91. The third-order valence-electron chi connectivity index (χ3n) is 3.08. The third-order valence-corrected chi connectivity index (χ3v) is 3.33. The summed E-state index contributed by atoms with van der Waals surface area (Å²) < 4.78 is 5.19. The van der Waals surface area contributed by atoms with Gasteiger partial charge in [0.25, 0.3) is 0 Å². The Labute approximate surface area is 112 Å². The highest BCUT2D eigenvalue weighted by molar-refractivity contribution is 6.30. The molecule has 5 heteroatoms. The number of nitrogens with zero attached hydrogens (tertiary/aromatic N) is 1. The minimum Gasteiger partial charge on any atom is -0.449 e. The third kappa shape index (κ3) is 3.37. The van der Waals surface area contributed by atoms with E-state index < -0.39 is 0 Å². The average molecular weight is 269 g/mol. The first-order chi connectivity index (χ1) is 8.69. The Balaban J connectivity index is 1.66. The summed E-state index contributed by atoms with van der Waals surface area (Å²) in [7, 11) is 0. The molecule has 0 spiro atoms. The number of benzene rings is 1. The predicted molar refractivity (Wildman–Crippen MR) is 70.6 cm³/mol. The summed E-state index contributed by atoms with van der Waals surface area (Å²) in [5.41, 5.74) is 6.60. The minimum atomic E-state index is -0.242. The Hall–Kier alpha value is -1.26. The fraction of sp³-hybridized carbons (Fsp3) is 0.462. The van der Waals surface area contributed by atoms with Gasteiger partial charge in [0.05, 0.1) is 6.61 Å². The highest BCUT2D eigenvalue weighted by Crippen LogP contribution is 2.15. The first-order valence-corrected chi connectivity index (χ1v) is 6.43. The molecule has 1 heterocycles. The number of likely N-dealkylation sites (tertiary alicyclic amines) is 1. The van der Waals surface area contributed by atoms with Crippen LogP contribution in [-0.2, 0) is 11.2 Å². The SMILES string of the molecule is NCC1CN(C(=O)OCCc2ccc(Cl)cc2)C1. The lowest BCUT2D eigenvalue weighted by Crippen LogP contribution is -2.52. The molecule has 1 saturated heterocycles. The van der Waals surface area contributed by atoms with Crippen molar-refractivity contribution in [3.8, 4) is 0 Å². The van der Waals surface area contributed by atoms with Crippen LogP contribution in [0.25, 0.3) is 0 Å². The number of hydrogen-bond acceptors (Lipinski definition) is 3. The van der Waals surface area contributed by atoms with Crippen LogP contribution in [0.3, 0.4) is 0 Å². The molecule has 1 aliphatic rings. The smallest absolute Gasteiger partial charge is 0.409 e. The van der Waals surface area contributed by atoms with E-state index in [2.05, 4.69) is 0 Å². The van der Waals surface area contributed by atoms with Crippen LogP contribution < -0.4 is 5.73 Å². The lowest BCUT2D eigenvalue weighted by Gasteiger charge is -2.37. The number of halogens is 1. The summed E-state index contributed by atoms with van der Waals surface area (Å²) in [4.78, 5) is 13.3.